The lowest BCUT2D eigenvalue weighted by Gasteiger charge is -2.07. The zero-order valence-corrected chi connectivity index (χ0v) is 8.59. The second kappa shape index (κ2) is 5.56. The van der Waals surface area contributed by atoms with E-state index in [-0.39, 0.29) is 0 Å². The molecule has 2 nitrogen and oxygen atoms in total. The average Bonchev–Trinajstić information content (AvgIpc) is 1.78. The number of thiol groups is 1. The van der Waals surface area contributed by atoms with Gasteiger partial charge in [0.2, 0.25) is 5.69 Å². The Balaban J connectivity index is 3.13. The van der Waals surface area contributed by atoms with Gasteiger partial charge in [0.15, 0.2) is 0 Å². The Morgan fingerprint density at radius 2 is 2.20 bits per heavy atom. The van der Waals surface area contributed by atoms with Crippen LogP contribution in [0.3, 0.4) is 0 Å². The number of rotatable bonds is 5. The third-order valence-electron chi connectivity index (χ3n) is 1.01. The van der Waals surface area contributed by atoms with Gasteiger partial charge in [0, 0.05) is 0 Å². The Bertz CT molecular complexity index is 123. The molecule has 0 heterocycles. The van der Waals surface area contributed by atoms with Gasteiger partial charge in [-0.2, -0.15) is 0 Å². The molecule has 62 valence electrons. The van der Waals surface area contributed by atoms with Crippen molar-refractivity contribution in [1.82, 2.24) is 0 Å². The second-order valence-corrected chi connectivity index (χ2v) is 7.19. The highest BCUT2D eigenvalue weighted by atomic mass is 32.9. The smallest absolute Gasteiger partial charge is 0.241 e. The van der Waals surface area contributed by atoms with Gasteiger partial charge < -0.3 is 9.42 Å². The van der Waals surface area contributed by atoms with E-state index in [9.17, 15) is 0 Å². The molecular weight excluding hydrogens is 187 g/mol. The summed E-state index contributed by atoms with van der Waals surface area (Å²) in [7, 11) is 0. The van der Waals surface area contributed by atoms with Gasteiger partial charge >= 0.3 is 0 Å². The van der Waals surface area contributed by atoms with Crippen LogP contribution in [0.15, 0.2) is 0 Å². The fraction of sp³-hybridized carbons (Fsp3) is 1.00. The van der Waals surface area contributed by atoms with Crippen LogP contribution in [0.2, 0.25) is 0 Å². The number of unbranched alkanes of at least 4 members (excludes halogenated alkanes) is 2. The maximum absolute atomic E-state index is 8.88. The Morgan fingerprint density at radius 3 is 2.60 bits per heavy atom. The van der Waals surface area contributed by atoms with Crippen molar-refractivity contribution in [1.29, 1.82) is 0 Å². The van der Waals surface area contributed by atoms with Crippen molar-refractivity contribution in [3.63, 3.8) is 0 Å². The molecule has 0 spiro atoms. The molecule has 1 N–H and O–H groups in total. The van der Waals surface area contributed by atoms with Crippen molar-refractivity contribution < 1.29 is 9.42 Å². The van der Waals surface area contributed by atoms with E-state index in [0.29, 0.717) is 6.61 Å². The topological polar surface area (TPSA) is 29.5 Å². The molecule has 1 unspecified atom stereocenters. The quantitative estimate of drug-likeness (QED) is 0.405. The predicted molar refractivity (Wildman–Crippen MR) is 51.0 cm³/mol. The molecule has 0 saturated heterocycles. The fourth-order valence-corrected chi connectivity index (χ4v) is 1.37. The minimum Gasteiger partial charge on any atom is -0.338 e. The van der Waals surface area contributed by atoms with Crippen molar-refractivity contribution >= 4 is 29.7 Å². The van der Waals surface area contributed by atoms with Gasteiger partial charge in [0.1, 0.15) is 0 Å². The monoisotopic (exact) mass is 200 g/mol. The molecule has 0 aliphatic rings. The SMILES string of the molecule is CCCCCOP(O)(=S)S. The van der Waals surface area contributed by atoms with E-state index in [2.05, 4.69) is 31.0 Å². The Kier molecular flexibility index (Phi) is 6.07. The normalized spacial score (nSPS) is 16.7. The third-order valence-corrected chi connectivity index (χ3v) is 2.19. The molecule has 0 aromatic rings. The summed E-state index contributed by atoms with van der Waals surface area (Å²) in [5.41, 5.74) is -2.68. The van der Waals surface area contributed by atoms with Gasteiger partial charge in [0.05, 0.1) is 6.61 Å². The van der Waals surface area contributed by atoms with Crippen LogP contribution >= 0.6 is 17.9 Å². The molecule has 0 rings (SSSR count). The molecule has 0 saturated carbocycles. The first-order chi connectivity index (χ1) is 4.56. The van der Waals surface area contributed by atoms with Crippen molar-refractivity contribution in [3.8, 4) is 0 Å². The van der Waals surface area contributed by atoms with E-state index in [0.717, 1.165) is 19.3 Å². The van der Waals surface area contributed by atoms with Gasteiger partial charge in [-0.3, -0.25) is 0 Å². The van der Waals surface area contributed by atoms with Crippen molar-refractivity contribution in [2.45, 2.75) is 26.2 Å². The van der Waals surface area contributed by atoms with Gasteiger partial charge in [0.25, 0.3) is 0 Å². The maximum Gasteiger partial charge on any atom is 0.241 e. The highest BCUT2D eigenvalue weighted by Gasteiger charge is 2.03. The molecule has 0 aromatic heterocycles. The zero-order valence-electron chi connectivity index (χ0n) is 5.99. The molecule has 0 amide bonds. The highest BCUT2D eigenvalue weighted by molar-refractivity contribution is 8.59. The summed E-state index contributed by atoms with van der Waals surface area (Å²) >= 11 is 8.26. The van der Waals surface area contributed by atoms with Gasteiger partial charge in [-0.05, 0) is 18.2 Å². The van der Waals surface area contributed by atoms with Gasteiger partial charge in [-0.1, -0.05) is 32.0 Å². The summed E-state index contributed by atoms with van der Waals surface area (Å²) in [6.07, 6.45) is 3.21. The molecular formula is C5H13O2PS2. The largest absolute Gasteiger partial charge is 0.338 e. The lowest BCUT2D eigenvalue weighted by atomic mass is 10.3. The molecule has 5 heteroatoms. The lowest BCUT2D eigenvalue weighted by Crippen LogP contribution is -1.88. The minimum atomic E-state index is -2.68. The Hall–Kier alpha value is 0.920. The van der Waals surface area contributed by atoms with Crippen molar-refractivity contribution in [2.24, 2.45) is 0 Å². The second-order valence-electron chi connectivity index (χ2n) is 2.03. The summed E-state index contributed by atoms with van der Waals surface area (Å²) in [5, 5.41) is 0. The average molecular weight is 200 g/mol. The first-order valence-corrected chi connectivity index (χ1v) is 7.09. The van der Waals surface area contributed by atoms with Crippen LogP contribution in [0.25, 0.3) is 0 Å². The highest BCUT2D eigenvalue weighted by Crippen LogP contribution is 2.47. The van der Waals surface area contributed by atoms with Crippen LogP contribution < -0.4 is 0 Å². The molecule has 0 aromatic carbocycles. The molecule has 0 bridgehead atoms. The number of hydrogen-bond acceptors (Lipinski definition) is 2. The fourth-order valence-electron chi connectivity index (χ4n) is 0.536. The molecule has 1 atom stereocenters. The molecule has 0 aliphatic heterocycles. The van der Waals surface area contributed by atoms with E-state index in [1.165, 1.54) is 0 Å². The number of hydrogen-bond donors (Lipinski definition) is 2. The van der Waals surface area contributed by atoms with E-state index < -0.39 is 5.69 Å². The van der Waals surface area contributed by atoms with E-state index >= 15 is 0 Å². The van der Waals surface area contributed by atoms with Gasteiger partial charge in [-0.15, -0.1) is 0 Å². The predicted octanol–water partition coefficient (Wildman–Crippen LogP) is 2.34. The van der Waals surface area contributed by atoms with E-state index in [1.807, 2.05) is 0 Å². The summed E-state index contributed by atoms with van der Waals surface area (Å²) in [5.74, 6) is 0. The van der Waals surface area contributed by atoms with Crippen LogP contribution in [0.1, 0.15) is 26.2 Å². The van der Waals surface area contributed by atoms with Crippen LogP contribution in [0, 0.1) is 0 Å². The van der Waals surface area contributed by atoms with Crippen LogP contribution in [-0.2, 0) is 16.3 Å². The molecule has 0 radical (unpaired) electrons. The Labute approximate surface area is 72.3 Å². The summed E-state index contributed by atoms with van der Waals surface area (Å²) in [6.45, 7) is 2.64. The van der Waals surface area contributed by atoms with E-state index in [1.54, 1.807) is 0 Å². The molecule has 10 heavy (non-hydrogen) atoms. The molecule has 0 aliphatic carbocycles. The Morgan fingerprint density at radius 1 is 1.60 bits per heavy atom. The first kappa shape index (κ1) is 10.9. The van der Waals surface area contributed by atoms with Crippen LogP contribution in [-0.4, -0.2) is 11.5 Å². The third kappa shape index (κ3) is 8.92. The summed E-state index contributed by atoms with van der Waals surface area (Å²) in [6, 6.07) is 0. The van der Waals surface area contributed by atoms with Crippen LogP contribution in [0.4, 0.5) is 0 Å². The lowest BCUT2D eigenvalue weighted by molar-refractivity contribution is 0.309. The van der Waals surface area contributed by atoms with Gasteiger partial charge in [-0.25, -0.2) is 0 Å². The van der Waals surface area contributed by atoms with Crippen molar-refractivity contribution in [2.75, 3.05) is 6.61 Å². The minimum absolute atomic E-state index is 0.533. The van der Waals surface area contributed by atoms with E-state index in [4.69, 9.17) is 9.42 Å². The molecule has 0 fully saturated rings. The standard InChI is InChI=1S/C5H13O2PS2/c1-2-3-4-5-7-8(6,9)10/h2-5H2,1H3,(H2,6,9,10). The maximum atomic E-state index is 8.88. The van der Waals surface area contributed by atoms with Crippen molar-refractivity contribution in [3.05, 3.63) is 0 Å². The zero-order chi connectivity index (χ0) is 8.04. The first-order valence-electron chi connectivity index (χ1n) is 3.26. The van der Waals surface area contributed by atoms with Crippen LogP contribution in [0.5, 0.6) is 0 Å². The summed E-state index contributed by atoms with van der Waals surface area (Å²) in [4.78, 5) is 8.88. The summed E-state index contributed by atoms with van der Waals surface area (Å²) < 4.78 is 4.88.